The third kappa shape index (κ3) is 3.36. The summed E-state index contributed by atoms with van der Waals surface area (Å²) in [6.45, 7) is 4.03. The second kappa shape index (κ2) is 5.43. The van der Waals surface area contributed by atoms with E-state index in [-0.39, 0.29) is 0 Å². The first kappa shape index (κ1) is 11.6. The third-order valence-electron chi connectivity index (χ3n) is 2.06. The number of hydrogen-bond acceptors (Lipinski definition) is 0. The van der Waals surface area contributed by atoms with Crippen LogP contribution in [0, 0.1) is 5.92 Å². The summed E-state index contributed by atoms with van der Waals surface area (Å²) in [4.78, 5) is 0. The minimum atomic E-state index is 0.369. The lowest BCUT2D eigenvalue weighted by molar-refractivity contribution is 1.02. The lowest BCUT2D eigenvalue weighted by Gasteiger charge is -2.10. The molecule has 0 fully saturated rings. The summed E-state index contributed by atoms with van der Waals surface area (Å²) < 4.78 is 0.369. The average Bonchev–Trinajstić information content (AvgIpc) is 2.15. The zero-order chi connectivity index (χ0) is 10.6. The molecule has 14 heavy (non-hydrogen) atoms. The normalized spacial score (nSPS) is 10.4. The molecule has 0 heterocycles. The first-order chi connectivity index (χ1) is 6.61. The van der Waals surface area contributed by atoms with E-state index in [9.17, 15) is 0 Å². The molecule has 0 aliphatic carbocycles. The fourth-order valence-corrected chi connectivity index (χ4v) is 1.74. The van der Waals surface area contributed by atoms with Crippen LogP contribution in [0.2, 0.25) is 0 Å². The Morgan fingerprint density at radius 2 is 1.64 bits per heavy atom. The highest BCUT2D eigenvalue weighted by molar-refractivity contribution is 6.56. The summed E-state index contributed by atoms with van der Waals surface area (Å²) >= 11 is 11.6. The first-order valence-electron chi connectivity index (χ1n) is 4.50. The Hall–Kier alpha value is -0.460. The zero-order valence-corrected chi connectivity index (χ0v) is 9.86. The van der Waals surface area contributed by atoms with E-state index in [1.165, 1.54) is 5.56 Å². The minimum absolute atomic E-state index is 0.369. The van der Waals surface area contributed by atoms with E-state index in [1.54, 1.807) is 0 Å². The largest absolute Gasteiger partial charge is 0.106 e. The van der Waals surface area contributed by atoms with Crippen LogP contribution in [0.1, 0.15) is 19.4 Å². The second-order valence-corrected chi connectivity index (χ2v) is 4.35. The Morgan fingerprint density at radius 3 is 2.07 bits per heavy atom. The van der Waals surface area contributed by atoms with E-state index in [1.807, 2.05) is 32.0 Å². The molecule has 0 saturated heterocycles. The van der Waals surface area contributed by atoms with Gasteiger partial charge in [-0.1, -0.05) is 67.4 Å². The van der Waals surface area contributed by atoms with E-state index >= 15 is 0 Å². The van der Waals surface area contributed by atoms with Crippen LogP contribution in [0.5, 0.6) is 0 Å². The quantitative estimate of drug-likeness (QED) is 0.712. The maximum Gasteiger partial charge on any atom is 0.106 e. The molecule has 0 aromatic heterocycles. The first-order valence-corrected chi connectivity index (χ1v) is 5.25. The molecule has 0 amide bonds. The molecule has 75 valence electrons. The van der Waals surface area contributed by atoms with Gasteiger partial charge in [0, 0.05) is 0 Å². The molecular weight excluding hydrogens is 215 g/mol. The van der Waals surface area contributed by atoms with Crippen LogP contribution in [-0.4, -0.2) is 0 Å². The molecule has 1 aromatic rings. The van der Waals surface area contributed by atoms with Gasteiger partial charge in [-0.15, -0.1) is 0 Å². The van der Waals surface area contributed by atoms with Crippen LogP contribution < -0.4 is 0 Å². The van der Waals surface area contributed by atoms with Crippen LogP contribution in [0.4, 0.5) is 0 Å². The molecular formula is C12H13Cl2. The molecule has 0 N–H and O–H groups in total. The highest BCUT2D eigenvalue weighted by Crippen LogP contribution is 2.26. The Kier molecular flexibility index (Phi) is 4.50. The van der Waals surface area contributed by atoms with Gasteiger partial charge < -0.3 is 0 Å². The van der Waals surface area contributed by atoms with Crippen LogP contribution >= 0.6 is 23.2 Å². The Bertz CT molecular complexity index is 308. The van der Waals surface area contributed by atoms with Crippen LogP contribution in [-0.2, 0) is 6.42 Å². The zero-order valence-electron chi connectivity index (χ0n) is 8.35. The van der Waals surface area contributed by atoms with Gasteiger partial charge in [0.05, 0.1) is 0 Å². The summed E-state index contributed by atoms with van der Waals surface area (Å²) in [6.07, 6.45) is 0.797. The Labute approximate surface area is 95.5 Å². The molecule has 2 heteroatoms. The van der Waals surface area contributed by atoms with Gasteiger partial charge >= 0.3 is 0 Å². The maximum absolute atomic E-state index is 5.81. The van der Waals surface area contributed by atoms with Gasteiger partial charge in [0.2, 0.25) is 0 Å². The minimum Gasteiger partial charge on any atom is -0.0709 e. The lowest BCUT2D eigenvalue weighted by atomic mass is 9.97. The summed E-state index contributed by atoms with van der Waals surface area (Å²) in [5.41, 5.74) is 2.24. The summed E-state index contributed by atoms with van der Waals surface area (Å²) in [5, 5.41) is 0. The van der Waals surface area contributed by atoms with Crippen molar-refractivity contribution in [2.75, 3.05) is 0 Å². The van der Waals surface area contributed by atoms with Gasteiger partial charge in [0.25, 0.3) is 0 Å². The molecule has 0 unspecified atom stereocenters. The molecule has 0 atom stereocenters. The van der Waals surface area contributed by atoms with E-state index in [0.29, 0.717) is 4.49 Å². The van der Waals surface area contributed by atoms with Crippen molar-refractivity contribution < 1.29 is 0 Å². The molecule has 0 spiro atoms. The van der Waals surface area contributed by atoms with Gasteiger partial charge in [0.15, 0.2) is 0 Å². The van der Waals surface area contributed by atoms with Gasteiger partial charge in [0.1, 0.15) is 4.49 Å². The van der Waals surface area contributed by atoms with E-state index in [0.717, 1.165) is 17.9 Å². The van der Waals surface area contributed by atoms with Crippen LogP contribution in [0.3, 0.4) is 0 Å². The topological polar surface area (TPSA) is 0 Å². The Balaban J connectivity index is 2.82. The molecule has 0 aliphatic rings. The summed E-state index contributed by atoms with van der Waals surface area (Å²) in [6, 6.07) is 10.2. The average molecular weight is 228 g/mol. The van der Waals surface area contributed by atoms with Crippen LogP contribution in [0.25, 0.3) is 0 Å². The van der Waals surface area contributed by atoms with Crippen molar-refractivity contribution in [3.8, 4) is 0 Å². The summed E-state index contributed by atoms with van der Waals surface area (Å²) in [5.74, 6) is 1.16. The predicted molar refractivity (Wildman–Crippen MR) is 63.5 cm³/mol. The molecule has 1 radical (unpaired) electrons. The van der Waals surface area contributed by atoms with Crippen molar-refractivity contribution in [1.82, 2.24) is 0 Å². The van der Waals surface area contributed by atoms with Crippen LogP contribution in [0.15, 0.2) is 40.4 Å². The van der Waals surface area contributed by atoms with E-state index in [2.05, 4.69) is 12.1 Å². The van der Waals surface area contributed by atoms with Crippen molar-refractivity contribution in [2.45, 2.75) is 20.3 Å². The van der Waals surface area contributed by atoms with Gasteiger partial charge in [-0.3, -0.25) is 0 Å². The monoisotopic (exact) mass is 227 g/mol. The van der Waals surface area contributed by atoms with Crippen molar-refractivity contribution in [3.05, 3.63) is 51.9 Å². The highest BCUT2D eigenvalue weighted by atomic mass is 35.5. The molecule has 1 rings (SSSR count). The van der Waals surface area contributed by atoms with Crippen molar-refractivity contribution in [3.63, 3.8) is 0 Å². The molecule has 0 saturated carbocycles. The number of halogens is 2. The van der Waals surface area contributed by atoms with Gasteiger partial charge in [-0.25, -0.2) is 0 Å². The third-order valence-corrected chi connectivity index (χ3v) is 2.51. The number of hydrogen-bond donors (Lipinski definition) is 0. The fraction of sp³-hybridized carbons (Fsp3) is 0.250. The smallest absolute Gasteiger partial charge is 0.0709 e. The molecule has 0 aliphatic heterocycles. The summed E-state index contributed by atoms with van der Waals surface area (Å²) in [7, 11) is 0. The molecule has 1 aromatic carbocycles. The molecule has 0 bridgehead atoms. The highest BCUT2D eigenvalue weighted by Gasteiger charge is 2.08. The fourth-order valence-electron chi connectivity index (χ4n) is 1.23. The van der Waals surface area contributed by atoms with Crippen molar-refractivity contribution in [1.29, 1.82) is 0 Å². The Morgan fingerprint density at radius 1 is 1.07 bits per heavy atom. The molecule has 0 nitrogen and oxygen atoms in total. The number of allylic oxidation sites excluding steroid dienone is 1. The second-order valence-electron chi connectivity index (χ2n) is 3.40. The van der Waals surface area contributed by atoms with E-state index < -0.39 is 0 Å². The lowest BCUT2D eigenvalue weighted by Crippen LogP contribution is -1.97. The van der Waals surface area contributed by atoms with Gasteiger partial charge in [-0.05, 0) is 23.5 Å². The number of benzene rings is 1. The van der Waals surface area contributed by atoms with Gasteiger partial charge in [-0.2, -0.15) is 0 Å². The maximum atomic E-state index is 5.81. The SMILES string of the molecule is C[C](C)C(Cc1ccccc1)=C(Cl)Cl. The standard InChI is InChI=1S/C12H13Cl2/c1-9(2)11(12(13)14)8-10-6-4-3-5-7-10/h3-7H,8H2,1-2H3. The van der Waals surface area contributed by atoms with Crippen molar-refractivity contribution in [2.24, 2.45) is 0 Å². The predicted octanol–water partition coefficient (Wildman–Crippen LogP) is 4.53. The number of rotatable bonds is 3. The van der Waals surface area contributed by atoms with Crippen molar-refractivity contribution >= 4 is 23.2 Å². The van der Waals surface area contributed by atoms with E-state index in [4.69, 9.17) is 23.2 Å².